The Bertz CT molecular complexity index is 623. The van der Waals surface area contributed by atoms with E-state index in [1.54, 1.807) is 0 Å². The van der Waals surface area contributed by atoms with Gasteiger partial charge in [0.15, 0.2) is 0 Å². The van der Waals surface area contributed by atoms with Crippen molar-refractivity contribution in [2.45, 2.75) is 39.8 Å². The van der Waals surface area contributed by atoms with E-state index < -0.39 is 6.10 Å². The van der Waals surface area contributed by atoms with Crippen molar-refractivity contribution in [2.75, 3.05) is 0 Å². The predicted octanol–water partition coefficient (Wildman–Crippen LogP) is 4.10. The van der Waals surface area contributed by atoms with Gasteiger partial charge in [-0.05, 0) is 31.9 Å². The first-order chi connectivity index (χ1) is 9.45. The second-order valence-corrected chi connectivity index (χ2v) is 5.62. The summed E-state index contributed by atoms with van der Waals surface area (Å²) in [6.07, 6.45) is -0.294. The molecule has 5 heteroatoms. The van der Waals surface area contributed by atoms with Gasteiger partial charge >= 0.3 is 0 Å². The number of hydrogen-bond donors (Lipinski definition) is 1. The van der Waals surface area contributed by atoms with Crippen molar-refractivity contribution < 1.29 is 5.11 Å². The van der Waals surface area contributed by atoms with E-state index in [2.05, 4.69) is 5.10 Å². The first-order valence-corrected chi connectivity index (χ1v) is 7.36. The highest BCUT2D eigenvalue weighted by Crippen LogP contribution is 2.31. The van der Waals surface area contributed by atoms with E-state index in [1.807, 2.05) is 43.7 Å². The van der Waals surface area contributed by atoms with Crippen molar-refractivity contribution >= 4 is 23.2 Å². The van der Waals surface area contributed by atoms with Crippen LogP contribution in [0.15, 0.2) is 18.2 Å². The molecule has 1 aromatic carbocycles. The molecule has 0 saturated heterocycles. The highest BCUT2D eigenvalue weighted by Gasteiger charge is 2.19. The van der Waals surface area contributed by atoms with Gasteiger partial charge in [-0.3, -0.25) is 4.68 Å². The standard InChI is InChI=1S/C15H18Cl2N2O/c1-4-19-12(15(17)10(3)18-19)8-13(20)11-7-5-6-9(2)14(11)16/h5-7,13,20H,4,8H2,1-3H3. The van der Waals surface area contributed by atoms with E-state index in [1.165, 1.54) is 0 Å². The van der Waals surface area contributed by atoms with Crippen LogP contribution >= 0.6 is 23.2 Å². The zero-order chi connectivity index (χ0) is 14.9. The number of aliphatic hydroxyl groups is 1. The number of aryl methyl sites for hydroxylation is 3. The van der Waals surface area contributed by atoms with Crippen molar-refractivity contribution in [2.24, 2.45) is 0 Å². The van der Waals surface area contributed by atoms with Crippen molar-refractivity contribution in [3.63, 3.8) is 0 Å². The van der Waals surface area contributed by atoms with Gasteiger partial charge in [-0.25, -0.2) is 0 Å². The van der Waals surface area contributed by atoms with E-state index in [0.717, 1.165) is 29.1 Å². The van der Waals surface area contributed by atoms with Gasteiger partial charge in [0.1, 0.15) is 0 Å². The van der Waals surface area contributed by atoms with Crippen LogP contribution in [0.4, 0.5) is 0 Å². The first-order valence-electron chi connectivity index (χ1n) is 6.60. The van der Waals surface area contributed by atoms with E-state index >= 15 is 0 Å². The Morgan fingerprint density at radius 2 is 1.95 bits per heavy atom. The molecule has 20 heavy (non-hydrogen) atoms. The summed E-state index contributed by atoms with van der Waals surface area (Å²) in [6, 6.07) is 5.66. The molecule has 1 heterocycles. The average Bonchev–Trinajstić information content (AvgIpc) is 2.69. The van der Waals surface area contributed by atoms with Crippen LogP contribution in [0.2, 0.25) is 10.0 Å². The quantitative estimate of drug-likeness (QED) is 0.922. The molecule has 0 amide bonds. The van der Waals surface area contributed by atoms with Crippen LogP contribution in [-0.2, 0) is 13.0 Å². The maximum absolute atomic E-state index is 10.4. The molecule has 108 valence electrons. The molecule has 0 radical (unpaired) electrons. The maximum Gasteiger partial charge on any atom is 0.0860 e. The summed E-state index contributed by atoms with van der Waals surface area (Å²) in [5.41, 5.74) is 3.31. The molecule has 1 unspecified atom stereocenters. The molecule has 1 atom stereocenters. The van der Waals surface area contributed by atoms with Gasteiger partial charge in [-0.2, -0.15) is 5.10 Å². The van der Waals surface area contributed by atoms with E-state index in [4.69, 9.17) is 23.2 Å². The molecule has 2 aromatic rings. The van der Waals surface area contributed by atoms with E-state index in [0.29, 0.717) is 16.5 Å². The Morgan fingerprint density at radius 1 is 1.25 bits per heavy atom. The lowest BCUT2D eigenvalue weighted by Gasteiger charge is -2.15. The van der Waals surface area contributed by atoms with Crippen LogP contribution in [-0.4, -0.2) is 14.9 Å². The van der Waals surface area contributed by atoms with E-state index in [9.17, 15) is 5.11 Å². The van der Waals surface area contributed by atoms with Crippen LogP contribution < -0.4 is 0 Å². The largest absolute Gasteiger partial charge is 0.388 e. The summed E-state index contributed by atoms with van der Waals surface area (Å²) in [4.78, 5) is 0. The van der Waals surface area contributed by atoms with Crippen LogP contribution in [0.1, 0.15) is 35.5 Å². The Hall–Kier alpha value is -1.03. The first kappa shape index (κ1) is 15.4. The molecule has 0 spiro atoms. The van der Waals surface area contributed by atoms with Gasteiger partial charge in [0.25, 0.3) is 0 Å². The van der Waals surface area contributed by atoms with Gasteiger partial charge in [0.05, 0.1) is 22.5 Å². The Balaban J connectivity index is 2.32. The summed E-state index contributed by atoms with van der Waals surface area (Å²) in [5, 5.41) is 16.0. The molecule has 0 aliphatic rings. The molecule has 1 aromatic heterocycles. The number of aromatic nitrogens is 2. The SMILES string of the molecule is CCn1nc(C)c(Cl)c1CC(O)c1cccc(C)c1Cl. The summed E-state index contributed by atoms with van der Waals surface area (Å²) < 4.78 is 1.82. The third kappa shape index (κ3) is 2.85. The molecular weight excluding hydrogens is 295 g/mol. The smallest absolute Gasteiger partial charge is 0.0860 e. The zero-order valence-electron chi connectivity index (χ0n) is 11.8. The fourth-order valence-corrected chi connectivity index (χ4v) is 2.75. The summed E-state index contributed by atoms with van der Waals surface area (Å²) >= 11 is 12.5. The van der Waals surface area contributed by atoms with E-state index in [-0.39, 0.29) is 0 Å². The van der Waals surface area contributed by atoms with Crippen LogP contribution in [0.3, 0.4) is 0 Å². The van der Waals surface area contributed by atoms with Crippen LogP contribution in [0.25, 0.3) is 0 Å². The van der Waals surface area contributed by atoms with Crippen molar-refractivity contribution in [3.8, 4) is 0 Å². The van der Waals surface area contributed by atoms with Gasteiger partial charge in [0.2, 0.25) is 0 Å². The number of aliphatic hydroxyl groups excluding tert-OH is 1. The number of hydrogen-bond acceptors (Lipinski definition) is 2. The van der Waals surface area contributed by atoms with Crippen molar-refractivity contribution in [1.82, 2.24) is 9.78 Å². The van der Waals surface area contributed by atoms with Gasteiger partial charge < -0.3 is 5.11 Å². The van der Waals surface area contributed by atoms with Crippen LogP contribution in [0.5, 0.6) is 0 Å². The zero-order valence-corrected chi connectivity index (χ0v) is 13.3. The van der Waals surface area contributed by atoms with Crippen LogP contribution in [0, 0.1) is 13.8 Å². The maximum atomic E-state index is 10.4. The highest BCUT2D eigenvalue weighted by atomic mass is 35.5. The van der Waals surface area contributed by atoms with Crippen molar-refractivity contribution in [3.05, 3.63) is 50.8 Å². The molecule has 3 nitrogen and oxygen atoms in total. The molecular formula is C15H18Cl2N2O. The minimum Gasteiger partial charge on any atom is -0.388 e. The monoisotopic (exact) mass is 312 g/mol. The lowest BCUT2D eigenvalue weighted by molar-refractivity contribution is 0.175. The second-order valence-electron chi connectivity index (χ2n) is 4.86. The van der Waals surface area contributed by atoms with Gasteiger partial charge in [-0.1, -0.05) is 41.4 Å². The molecule has 0 aliphatic carbocycles. The number of nitrogens with zero attached hydrogens (tertiary/aromatic N) is 2. The minimum atomic E-state index is -0.693. The fraction of sp³-hybridized carbons (Fsp3) is 0.400. The Kier molecular flexibility index (Phi) is 4.74. The third-order valence-electron chi connectivity index (χ3n) is 3.42. The fourth-order valence-electron chi connectivity index (χ4n) is 2.28. The van der Waals surface area contributed by atoms with Gasteiger partial charge in [0, 0.05) is 18.0 Å². The predicted molar refractivity (Wildman–Crippen MR) is 82.5 cm³/mol. The topological polar surface area (TPSA) is 38.0 Å². The molecule has 2 rings (SSSR count). The minimum absolute atomic E-state index is 0.399. The summed E-state index contributed by atoms with van der Waals surface area (Å²) in [6.45, 7) is 6.51. The number of benzene rings is 1. The summed E-state index contributed by atoms with van der Waals surface area (Å²) in [5.74, 6) is 0. The molecule has 0 fully saturated rings. The lowest BCUT2D eigenvalue weighted by Crippen LogP contribution is -2.09. The normalized spacial score (nSPS) is 12.7. The van der Waals surface area contributed by atoms with Gasteiger partial charge in [-0.15, -0.1) is 0 Å². The number of halogens is 2. The second kappa shape index (κ2) is 6.17. The summed E-state index contributed by atoms with van der Waals surface area (Å²) in [7, 11) is 0. The molecule has 0 aliphatic heterocycles. The molecule has 0 saturated carbocycles. The highest BCUT2D eigenvalue weighted by molar-refractivity contribution is 6.32. The number of rotatable bonds is 4. The molecule has 1 N–H and O–H groups in total. The average molecular weight is 313 g/mol. The van der Waals surface area contributed by atoms with Crippen molar-refractivity contribution in [1.29, 1.82) is 0 Å². The molecule has 0 bridgehead atoms. The Labute approximate surface area is 129 Å². The lowest BCUT2D eigenvalue weighted by atomic mass is 10.0. The Morgan fingerprint density at radius 3 is 2.60 bits per heavy atom. The third-order valence-corrected chi connectivity index (χ3v) is 4.43.